The van der Waals surface area contributed by atoms with E-state index in [1.165, 1.54) is 0 Å². The number of ether oxygens (including phenoxy) is 1. The number of amides is 1. The SMILES string of the molecule is Cc1cccc2cc(O)cc(C(=O)N3Cc4nc(OCC5(CN(C)C)CC5)nc(N5CCC(F)CCC5C)c4C3)c12. The van der Waals surface area contributed by atoms with Crippen LogP contribution in [0, 0.1) is 12.3 Å². The number of aryl methyl sites for hydroxylation is 1. The van der Waals surface area contributed by atoms with Crippen molar-refractivity contribution in [3.05, 3.63) is 52.7 Å². The third-order valence-electron chi connectivity index (χ3n) is 8.93. The lowest BCUT2D eigenvalue weighted by Gasteiger charge is -2.30. The van der Waals surface area contributed by atoms with Gasteiger partial charge in [0.1, 0.15) is 17.7 Å². The maximum absolute atomic E-state index is 14.4. The van der Waals surface area contributed by atoms with Gasteiger partial charge in [-0.25, -0.2) is 4.39 Å². The van der Waals surface area contributed by atoms with Crippen molar-refractivity contribution < 1.29 is 19.0 Å². The van der Waals surface area contributed by atoms with Gasteiger partial charge in [0.25, 0.3) is 5.91 Å². The number of alkyl halides is 1. The monoisotopic (exact) mass is 561 g/mol. The lowest BCUT2D eigenvalue weighted by Crippen LogP contribution is -2.35. The van der Waals surface area contributed by atoms with Crippen LogP contribution in [0.3, 0.4) is 0 Å². The number of rotatable bonds is 7. The smallest absolute Gasteiger partial charge is 0.318 e. The maximum Gasteiger partial charge on any atom is 0.318 e. The molecule has 2 atom stereocenters. The number of phenolic OH excluding ortho intramolecular Hbond substituents is 1. The fourth-order valence-corrected chi connectivity index (χ4v) is 6.55. The zero-order valence-electron chi connectivity index (χ0n) is 24.5. The predicted molar refractivity (Wildman–Crippen MR) is 157 cm³/mol. The van der Waals surface area contributed by atoms with Crippen LogP contribution in [0.25, 0.3) is 10.8 Å². The van der Waals surface area contributed by atoms with Crippen LogP contribution in [-0.2, 0) is 13.1 Å². The van der Waals surface area contributed by atoms with E-state index in [1.807, 2.05) is 25.1 Å². The van der Waals surface area contributed by atoms with Gasteiger partial charge in [-0.15, -0.1) is 0 Å². The number of carbonyl (C=O) groups is 1. The Kier molecular flexibility index (Phi) is 7.26. The van der Waals surface area contributed by atoms with Crippen LogP contribution in [-0.4, -0.2) is 76.8 Å². The maximum atomic E-state index is 14.4. The first-order valence-corrected chi connectivity index (χ1v) is 14.7. The molecule has 8 nitrogen and oxygen atoms in total. The van der Waals surface area contributed by atoms with E-state index < -0.39 is 6.17 Å². The Bertz CT molecular complexity index is 1470. The molecule has 218 valence electrons. The van der Waals surface area contributed by atoms with Crippen LogP contribution in [0.15, 0.2) is 30.3 Å². The Balaban J connectivity index is 1.34. The molecule has 3 aromatic rings. The normalized spacial score (nSPS) is 21.7. The molecule has 1 amide bonds. The third-order valence-corrected chi connectivity index (χ3v) is 8.93. The summed E-state index contributed by atoms with van der Waals surface area (Å²) in [7, 11) is 4.15. The molecular weight excluding hydrogens is 521 g/mol. The molecule has 0 radical (unpaired) electrons. The van der Waals surface area contributed by atoms with Crippen LogP contribution in [0.5, 0.6) is 11.8 Å². The van der Waals surface area contributed by atoms with Crippen molar-refractivity contribution in [1.82, 2.24) is 19.8 Å². The fraction of sp³-hybridized carbons (Fsp3) is 0.531. The highest BCUT2D eigenvalue weighted by atomic mass is 19.1. The van der Waals surface area contributed by atoms with Crippen molar-refractivity contribution in [3.63, 3.8) is 0 Å². The predicted octanol–water partition coefficient (Wildman–Crippen LogP) is 5.24. The summed E-state index contributed by atoms with van der Waals surface area (Å²) in [4.78, 5) is 29.9. The summed E-state index contributed by atoms with van der Waals surface area (Å²) in [5.74, 6) is 0.642. The van der Waals surface area contributed by atoms with Gasteiger partial charge in [0, 0.05) is 30.1 Å². The summed E-state index contributed by atoms with van der Waals surface area (Å²) in [6.45, 7) is 6.81. The summed E-state index contributed by atoms with van der Waals surface area (Å²) in [6.07, 6.45) is 3.12. The number of aromatic hydroxyl groups is 1. The van der Waals surface area contributed by atoms with Crippen LogP contribution < -0.4 is 9.64 Å². The third kappa shape index (κ3) is 5.56. The Hall–Kier alpha value is -3.46. The Morgan fingerprint density at radius 3 is 2.73 bits per heavy atom. The molecular formula is C32H40FN5O3. The van der Waals surface area contributed by atoms with Gasteiger partial charge in [0.15, 0.2) is 0 Å². The molecule has 1 aliphatic carbocycles. The molecule has 1 aromatic heterocycles. The zero-order valence-corrected chi connectivity index (χ0v) is 24.5. The second kappa shape index (κ2) is 10.7. The highest BCUT2D eigenvalue weighted by Crippen LogP contribution is 2.46. The fourth-order valence-electron chi connectivity index (χ4n) is 6.55. The number of hydrogen-bond acceptors (Lipinski definition) is 7. The first-order chi connectivity index (χ1) is 19.6. The Morgan fingerprint density at radius 2 is 1.98 bits per heavy atom. The molecule has 0 bridgehead atoms. The van der Waals surface area contributed by atoms with Crippen molar-refractivity contribution in [1.29, 1.82) is 0 Å². The van der Waals surface area contributed by atoms with Gasteiger partial charge in [0.2, 0.25) is 0 Å². The average molecular weight is 562 g/mol. The second-order valence-corrected chi connectivity index (χ2v) is 12.6. The molecule has 9 heteroatoms. The van der Waals surface area contributed by atoms with Gasteiger partial charge in [-0.2, -0.15) is 9.97 Å². The second-order valence-electron chi connectivity index (χ2n) is 12.6. The molecule has 2 unspecified atom stereocenters. The molecule has 3 heterocycles. The van der Waals surface area contributed by atoms with E-state index in [-0.39, 0.29) is 23.1 Å². The van der Waals surface area contributed by atoms with Gasteiger partial charge in [-0.1, -0.05) is 18.2 Å². The van der Waals surface area contributed by atoms with Crippen molar-refractivity contribution in [2.75, 3.05) is 38.7 Å². The van der Waals surface area contributed by atoms with E-state index in [2.05, 4.69) is 30.8 Å². The van der Waals surface area contributed by atoms with Crippen molar-refractivity contribution in [3.8, 4) is 11.8 Å². The number of hydrogen-bond donors (Lipinski definition) is 1. The van der Waals surface area contributed by atoms with Gasteiger partial charge >= 0.3 is 6.01 Å². The molecule has 1 saturated carbocycles. The molecule has 41 heavy (non-hydrogen) atoms. The lowest BCUT2D eigenvalue weighted by atomic mass is 9.98. The number of anilines is 1. The number of phenols is 1. The van der Waals surface area contributed by atoms with Crippen molar-refractivity contribution in [2.24, 2.45) is 5.41 Å². The minimum Gasteiger partial charge on any atom is -0.508 e. The summed E-state index contributed by atoms with van der Waals surface area (Å²) in [5.41, 5.74) is 3.24. The number of nitrogens with zero attached hydrogens (tertiary/aromatic N) is 5. The summed E-state index contributed by atoms with van der Waals surface area (Å²) < 4.78 is 20.7. The molecule has 1 saturated heterocycles. The van der Waals surface area contributed by atoms with E-state index in [1.54, 1.807) is 17.0 Å². The Labute approximate surface area is 241 Å². The van der Waals surface area contributed by atoms with Gasteiger partial charge < -0.3 is 24.5 Å². The quantitative estimate of drug-likeness (QED) is 0.423. The Morgan fingerprint density at radius 1 is 1.17 bits per heavy atom. The first-order valence-electron chi connectivity index (χ1n) is 14.7. The van der Waals surface area contributed by atoms with Crippen LogP contribution >= 0.6 is 0 Å². The van der Waals surface area contributed by atoms with E-state index in [0.29, 0.717) is 50.7 Å². The summed E-state index contributed by atoms with van der Waals surface area (Å²) in [5, 5.41) is 12.1. The standard InChI is InChI=1S/C32H40FN5O3/c1-20-6-5-7-22-14-24(39)15-25(28(20)22)30(40)37-16-26-27(17-37)34-31(41-19-32(11-12-32)18-36(3)4)35-29(26)38-13-10-23(33)9-8-21(38)2/h5-7,14-15,21,23,39H,8-13,16-19H2,1-4H3. The molecule has 2 aromatic carbocycles. The molecule has 1 N–H and O–H groups in total. The van der Waals surface area contributed by atoms with Crippen molar-refractivity contribution in [2.45, 2.75) is 71.3 Å². The molecule has 0 spiro atoms. The average Bonchev–Trinajstić information content (AvgIpc) is 3.58. The number of carbonyl (C=O) groups excluding carboxylic acids is 1. The van der Waals surface area contributed by atoms with Crippen LogP contribution in [0.4, 0.5) is 10.2 Å². The minimum atomic E-state index is -0.825. The van der Waals surface area contributed by atoms with Gasteiger partial charge in [0.05, 0.1) is 31.0 Å². The minimum absolute atomic E-state index is 0.0604. The van der Waals surface area contributed by atoms with Crippen LogP contribution in [0.1, 0.15) is 66.2 Å². The van der Waals surface area contributed by atoms with E-state index in [9.17, 15) is 14.3 Å². The van der Waals surface area contributed by atoms with E-state index in [4.69, 9.17) is 14.7 Å². The molecule has 2 aliphatic heterocycles. The largest absolute Gasteiger partial charge is 0.508 e. The summed E-state index contributed by atoms with van der Waals surface area (Å²) in [6, 6.07) is 9.48. The number of aromatic nitrogens is 2. The first kappa shape index (κ1) is 27.7. The van der Waals surface area contributed by atoms with E-state index in [0.717, 1.165) is 59.2 Å². The zero-order chi connectivity index (χ0) is 28.9. The van der Waals surface area contributed by atoms with Gasteiger partial charge in [-0.3, -0.25) is 4.79 Å². The topological polar surface area (TPSA) is 82.0 Å². The van der Waals surface area contributed by atoms with E-state index >= 15 is 0 Å². The number of benzene rings is 2. The highest BCUT2D eigenvalue weighted by molar-refractivity contribution is 6.09. The molecule has 2 fully saturated rings. The van der Waals surface area contributed by atoms with Crippen LogP contribution in [0.2, 0.25) is 0 Å². The molecule has 3 aliphatic rings. The summed E-state index contributed by atoms with van der Waals surface area (Å²) >= 11 is 0. The number of halogens is 1. The molecule has 6 rings (SSSR count). The number of fused-ring (bicyclic) bond motifs is 2. The van der Waals surface area contributed by atoms with Crippen molar-refractivity contribution >= 4 is 22.5 Å². The lowest BCUT2D eigenvalue weighted by molar-refractivity contribution is 0.0752. The highest BCUT2D eigenvalue weighted by Gasteiger charge is 2.44. The van der Waals surface area contributed by atoms with Gasteiger partial charge in [-0.05, 0) is 88.5 Å².